The molecule has 3 N–H and O–H groups in total. The third-order valence-electron chi connectivity index (χ3n) is 6.60. The first kappa shape index (κ1) is 27.9. The lowest BCUT2D eigenvalue weighted by molar-refractivity contribution is 0.0857. The number of rotatable bonds is 11. The highest BCUT2D eigenvalue weighted by molar-refractivity contribution is 14.0. The van der Waals surface area contributed by atoms with E-state index >= 15 is 0 Å². The zero-order valence-electron chi connectivity index (χ0n) is 20.2. The van der Waals surface area contributed by atoms with Crippen molar-refractivity contribution in [2.24, 2.45) is 10.4 Å². The van der Waals surface area contributed by atoms with Crippen LogP contribution in [-0.4, -0.2) is 57.9 Å². The lowest BCUT2D eigenvalue weighted by Gasteiger charge is -2.30. The first-order valence-electron chi connectivity index (χ1n) is 12.1. The molecule has 1 aliphatic carbocycles. The van der Waals surface area contributed by atoms with Crippen molar-refractivity contribution >= 4 is 35.8 Å². The molecule has 33 heavy (non-hydrogen) atoms. The van der Waals surface area contributed by atoms with E-state index in [9.17, 15) is 4.79 Å². The quantitative estimate of drug-likeness (QED) is 0.213. The second-order valence-electron chi connectivity index (χ2n) is 9.04. The maximum Gasteiger partial charge on any atom is 0.251 e. The molecule has 1 amide bonds. The first-order valence-corrected chi connectivity index (χ1v) is 12.1. The van der Waals surface area contributed by atoms with Crippen LogP contribution in [0.4, 0.5) is 0 Å². The van der Waals surface area contributed by atoms with Crippen molar-refractivity contribution in [3.63, 3.8) is 0 Å². The number of halogens is 1. The van der Waals surface area contributed by atoms with Crippen LogP contribution in [0.2, 0.25) is 0 Å². The minimum Gasteiger partial charge on any atom is -0.385 e. The average molecular weight is 573 g/mol. The molecule has 0 radical (unpaired) electrons. The maximum atomic E-state index is 12.5. The molecule has 186 valence electrons. The molecule has 1 saturated heterocycles. The van der Waals surface area contributed by atoms with Crippen molar-refractivity contribution in [1.29, 1.82) is 0 Å². The SMILES string of the molecule is CCNC(=NCc1cccc(C(=O)NCC2CCCO2)c1)NCC1(CCOC)CCCC1.I. The number of aliphatic imine (C=N–C) groups is 1. The van der Waals surface area contributed by atoms with Gasteiger partial charge < -0.3 is 25.4 Å². The summed E-state index contributed by atoms with van der Waals surface area (Å²) in [5.41, 5.74) is 1.98. The van der Waals surface area contributed by atoms with Gasteiger partial charge in [0.25, 0.3) is 5.91 Å². The van der Waals surface area contributed by atoms with Gasteiger partial charge in [0.05, 0.1) is 12.6 Å². The number of hydrogen-bond acceptors (Lipinski definition) is 4. The Hall–Kier alpha value is -1.39. The summed E-state index contributed by atoms with van der Waals surface area (Å²) in [5, 5.41) is 9.91. The van der Waals surface area contributed by atoms with E-state index in [1.165, 1.54) is 25.7 Å². The Labute approximate surface area is 215 Å². The monoisotopic (exact) mass is 572 g/mol. The molecule has 1 saturated carbocycles. The van der Waals surface area contributed by atoms with E-state index in [1.54, 1.807) is 7.11 Å². The Kier molecular flexibility index (Phi) is 12.5. The largest absolute Gasteiger partial charge is 0.385 e. The summed E-state index contributed by atoms with van der Waals surface area (Å²) in [6.07, 6.45) is 8.39. The molecular formula is C25H41IN4O3. The molecule has 3 rings (SSSR count). The van der Waals surface area contributed by atoms with E-state index in [0.29, 0.717) is 24.1 Å². The number of methoxy groups -OCH3 is 1. The molecule has 2 fully saturated rings. The molecule has 1 aromatic carbocycles. The van der Waals surface area contributed by atoms with Crippen molar-refractivity contribution in [3.8, 4) is 0 Å². The van der Waals surface area contributed by atoms with Crippen molar-refractivity contribution in [1.82, 2.24) is 16.0 Å². The minimum absolute atomic E-state index is 0. The lowest BCUT2D eigenvalue weighted by Crippen LogP contribution is -2.43. The number of benzene rings is 1. The Morgan fingerprint density at radius 2 is 2.03 bits per heavy atom. The molecule has 1 atom stereocenters. The van der Waals surface area contributed by atoms with Crippen molar-refractivity contribution < 1.29 is 14.3 Å². The fourth-order valence-corrected chi connectivity index (χ4v) is 4.67. The molecule has 1 heterocycles. The van der Waals surface area contributed by atoms with Crippen LogP contribution in [0.3, 0.4) is 0 Å². The topological polar surface area (TPSA) is 84.0 Å². The standard InChI is InChI=1S/C25H40N4O3.HI/c1-3-26-24(29-19-25(13-15-31-2)11-4-5-12-25)28-17-20-8-6-9-21(16-20)23(30)27-18-22-10-7-14-32-22;/h6,8-9,16,22H,3-5,7,10-15,17-19H2,1-2H3,(H,27,30)(H2,26,28,29);1H. The van der Waals surface area contributed by atoms with E-state index in [1.807, 2.05) is 24.3 Å². The second kappa shape index (κ2) is 14.8. The van der Waals surface area contributed by atoms with E-state index in [-0.39, 0.29) is 36.0 Å². The van der Waals surface area contributed by atoms with Gasteiger partial charge in [-0.1, -0.05) is 25.0 Å². The van der Waals surface area contributed by atoms with Gasteiger partial charge in [0.2, 0.25) is 0 Å². The minimum atomic E-state index is -0.0577. The summed E-state index contributed by atoms with van der Waals surface area (Å²) < 4.78 is 10.9. The summed E-state index contributed by atoms with van der Waals surface area (Å²) in [6.45, 7) is 6.48. The molecule has 0 bridgehead atoms. The summed E-state index contributed by atoms with van der Waals surface area (Å²) >= 11 is 0. The van der Waals surface area contributed by atoms with Crippen LogP contribution >= 0.6 is 24.0 Å². The van der Waals surface area contributed by atoms with Crippen LogP contribution in [0.25, 0.3) is 0 Å². The number of nitrogens with zero attached hydrogens (tertiary/aromatic N) is 1. The predicted molar refractivity (Wildman–Crippen MR) is 143 cm³/mol. The van der Waals surface area contributed by atoms with E-state index < -0.39 is 0 Å². The number of carbonyl (C=O) groups is 1. The molecular weight excluding hydrogens is 531 g/mol. The summed E-state index contributed by atoms with van der Waals surface area (Å²) in [5.74, 6) is 0.766. The third-order valence-corrected chi connectivity index (χ3v) is 6.60. The van der Waals surface area contributed by atoms with Crippen LogP contribution in [0.15, 0.2) is 29.3 Å². The van der Waals surface area contributed by atoms with Crippen molar-refractivity contribution in [2.75, 3.05) is 40.0 Å². The predicted octanol–water partition coefficient (Wildman–Crippen LogP) is 3.87. The molecule has 1 unspecified atom stereocenters. The van der Waals surface area contributed by atoms with Gasteiger partial charge in [-0.15, -0.1) is 24.0 Å². The smallest absolute Gasteiger partial charge is 0.251 e. The van der Waals surface area contributed by atoms with Crippen LogP contribution < -0.4 is 16.0 Å². The zero-order chi connectivity index (χ0) is 22.7. The highest BCUT2D eigenvalue weighted by Gasteiger charge is 2.33. The van der Waals surface area contributed by atoms with Crippen molar-refractivity contribution in [3.05, 3.63) is 35.4 Å². The van der Waals surface area contributed by atoms with Crippen LogP contribution in [0, 0.1) is 5.41 Å². The highest BCUT2D eigenvalue weighted by Crippen LogP contribution is 2.40. The van der Waals surface area contributed by atoms with Gasteiger partial charge in [0, 0.05) is 45.5 Å². The number of amides is 1. The molecule has 7 nitrogen and oxygen atoms in total. The molecule has 2 aliphatic rings. The summed E-state index contributed by atoms with van der Waals surface area (Å²) in [6, 6.07) is 7.71. The number of carbonyl (C=O) groups excluding carboxylic acids is 1. The van der Waals surface area contributed by atoms with Gasteiger partial charge in [-0.3, -0.25) is 4.79 Å². The zero-order valence-corrected chi connectivity index (χ0v) is 22.5. The summed E-state index contributed by atoms with van der Waals surface area (Å²) in [4.78, 5) is 17.3. The maximum absolute atomic E-state index is 12.5. The van der Waals surface area contributed by atoms with E-state index in [4.69, 9.17) is 14.5 Å². The fourth-order valence-electron chi connectivity index (χ4n) is 4.67. The van der Waals surface area contributed by atoms with Gasteiger partial charge in [-0.25, -0.2) is 4.99 Å². The molecule has 1 aromatic rings. The Morgan fingerprint density at radius 3 is 2.73 bits per heavy atom. The molecule has 0 spiro atoms. The molecule has 1 aliphatic heterocycles. The molecule has 0 aromatic heterocycles. The second-order valence-corrected chi connectivity index (χ2v) is 9.04. The number of guanidine groups is 1. The summed E-state index contributed by atoms with van der Waals surface area (Å²) in [7, 11) is 1.78. The van der Waals surface area contributed by atoms with Crippen molar-refractivity contribution in [2.45, 2.75) is 64.5 Å². The van der Waals surface area contributed by atoms with E-state index in [2.05, 4.69) is 22.9 Å². The Bertz CT molecular complexity index is 747. The Morgan fingerprint density at radius 1 is 1.21 bits per heavy atom. The van der Waals surface area contributed by atoms with Crippen LogP contribution in [0.5, 0.6) is 0 Å². The number of nitrogens with one attached hydrogen (secondary N) is 3. The first-order chi connectivity index (χ1) is 15.6. The van der Waals surface area contributed by atoms with Gasteiger partial charge in [-0.05, 0) is 62.1 Å². The molecule has 8 heteroatoms. The van der Waals surface area contributed by atoms with Gasteiger partial charge in [0.1, 0.15) is 0 Å². The van der Waals surface area contributed by atoms with Gasteiger partial charge in [-0.2, -0.15) is 0 Å². The van der Waals surface area contributed by atoms with E-state index in [0.717, 1.165) is 57.1 Å². The van der Waals surface area contributed by atoms with Gasteiger partial charge in [0.15, 0.2) is 5.96 Å². The average Bonchev–Trinajstić information content (AvgIpc) is 3.51. The Balaban J connectivity index is 0.00000385. The van der Waals surface area contributed by atoms with Crippen LogP contribution in [0.1, 0.15) is 67.8 Å². The van der Waals surface area contributed by atoms with Gasteiger partial charge >= 0.3 is 0 Å². The number of ether oxygens (including phenoxy) is 2. The normalized spacial score (nSPS) is 19.7. The fraction of sp³-hybridized carbons (Fsp3) is 0.680. The lowest BCUT2D eigenvalue weighted by atomic mass is 9.83. The number of hydrogen-bond donors (Lipinski definition) is 3. The highest BCUT2D eigenvalue weighted by atomic mass is 127. The van der Waals surface area contributed by atoms with Crippen LogP contribution in [-0.2, 0) is 16.0 Å². The third kappa shape index (κ3) is 9.05.